The number of fused-ring (bicyclic) bond motifs is 2. The van der Waals surface area contributed by atoms with E-state index in [2.05, 4.69) is 45.5 Å². The summed E-state index contributed by atoms with van der Waals surface area (Å²) in [7, 11) is 0. The number of H-pyrrole nitrogens is 1. The summed E-state index contributed by atoms with van der Waals surface area (Å²) in [4.78, 5) is 10.3. The van der Waals surface area contributed by atoms with Gasteiger partial charge in [0.15, 0.2) is 0 Å². The summed E-state index contributed by atoms with van der Waals surface area (Å²) >= 11 is 0. The van der Waals surface area contributed by atoms with Crippen LogP contribution in [0.2, 0.25) is 0 Å². The zero-order valence-electron chi connectivity index (χ0n) is 16.5. The fraction of sp³-hybridized carbons (Fsp3) is 0.500. The predicted octanol–water partition coefficient (Wildman–Crippen LogP) is 2.46. The summed E-state index contributed by atoms with van der Waals surface area (Å²) in [6, 6.07) is 8.18. The van der Waals surface area contributed by atoms with Crippen LogP contribution in [-0.4, -0.2) is 56.5 Å². The average Bonchev–Trinajstić information content (AvgIpc) is 3.16. The van der Waals surface area contributed by atoms with Gasteiger partial charge >= 0.3 is 0 Å². The maximum Gasteiger partial charge on any atom is 0.138 e. The van der Waals surface area contributed by atoms with Crippen LogP contribution in [0.3, 0.4) is 0 Å². The van der Waals surface area contributed by atoms with Crippen molar-refractivity contribution in [2.75, 3.05) is 19.8 Å². The molecule has 0 radical (unpaired) electrons. The van der Waals surface area contributed by atoms with Gasteiger partial charge in [0.1, 0.15) is 11.7 Å². The lowest BCUT2D eigenvalue weighted by molar-refractivity contribution is -0.0601. The van der Waals surface area contributed by atoms with E-state index in [4.69, 9.17) is 9.84 Å². The molecule has 5 fully saturated rings. The highest BCUT2D eigenvalue weighted by atomic mass is 16.5. The van der Waals surface area contributed by atoms with Crippen LogP contribution in [0.15, 0.2) is 24.5 Å². The molecule has 1 unspecified atom stereocenters. The summed E-state index contributed by atoms with van der Waals surface area (Å²) in [6.07, 6.45) is 3.58. The number of nitrogens with one attached hydrogen (secondary N) is 1. The topological polar surface area (TPSA) is 82.8 Å². The summed E-state index contributed by atoms with van der Waals surface area (Å²) in [5, 5.41) is 15.2. The van der Waals surface area contributed by atoms with Gasteiger partial charge in [-0.15, -0.1) is 0 Å². The van der Waals surface area contributed by atoms with Crippen LogP contribution in [0.25, 0.3) is 22.3 Å². The first-order valence-electron chi connectivity index (χ1n) is 10.5. The number of aromatic amines is 1. The van der Waals surface area contributed by atoms with E-state index in [0.717, 1.165) is 47.3 Å². The molecule has 2 saturated carbocycles. The Bertz CT molecular complexity index is 1210. The van der Waals surface area contributed by atoms with Crippen LogP contribution in [-0.2, 0) is 10.2 Å². The first-order valence-corrected chi connectivity index (χ1v) is 10.5. The zero-order valence-corrected chi connectivity index (χ0v) is 16.5. The molecule has 0 spiro atoms. The maximum absolute atomic E-state index is 9.36. The van der Waals surface area contributed by atoms with E-state index in [1.807, 2.05) is 12.3 Å². The highest BCUT2D eigenvalue weighted by Crippen LogP contribution is 2.86. The molecule has 4 atom stereocenters. The van der Waals surface area contributed by atoms with E-state index in [1.54, 1.807) is 6.20 Å². The number of hydrogen-bond acceptors (Lipinski definition) is 5. The van der Waals surface area contributed by atoms with Gasteiger partial charge in [0, 0.05) is 53.1 Å². The number of nitriles is 1. The molecular weight excluding hydrogens is 364 g/mol. The van der Waals surface area contributed by atoms with Gasteiger partial charge in [-0.1, -0.05) is 0 Å². The van der Waals surface area contributed by atoms with Crippen molar-refractivity contribution in [2.24, 2.45) is 11.8 Å². The Kier molecular flexibility index (Phi) is 2.82. The summed E-state index contributed by atoms with van der Waals surface area (Å²) in [5.41, 5.74) is 5.00. The van der Waals surface area contributed by atoms with Crippen LogP contribution < -0.4 is 0 Å². The van der Waals surface area contributed by atoms with Crippen molar-refractivity contribution < 1.29 is 4.74 Å². The summed E-state index contributed by atoms with van der Waals surface area (Å²) in [5.74, 6) is 1.59. The second-order valence-corrected chi connectivity index (χ2v) is 9.29. The van der Waals surface area contributed by atoms with E-state index in [9.17, 15) is 5.26 Å². The minimum Gasteiger partial charge on any atom is -0.378 e. The van der Waals surface area contributed by atoms with E-state index >= 15 is 0 Å². The first-order chi connectivity index (χ1) is 14.1. The molecule has 7 nitrogen and oxygen atoms in total. The van der Waals surface area contributed by atoms with Gasteiger partial charge in [0.05, 0.1) is 30.5 Å². The van der Waals surface area contributed by atoms with Gasteiger partial charge in [-0.05, 0) is 37.8 Å². The quantitative estimate of drug-likeness (QED) is 0.745. The average molecular weight is 386 g/mol. The third kappa shape index (κ3) is 1.80. The van der Waals surface area contributed by atoms with E-state index < -0.39 is 0 Å². The number of nitrogens with zero attached hydrogens (tertiary/aromatic N) is 5. The summed E-state index contributed by atoms with van der Waals surface area (Å²) < 4.78 is 7.67. The summed E-state index contributed by atoms with van der Waals surface area (Å²) in [6.45, 7) is 7.41. The smallest absolute Gasteiger partial charge is 0.138 e. The normalized spacial score (nSPS) is 32.4. The molecule has 146 valence electrons. The van der Waals surface area contributed by atoms with Gasteiger partial charge < -0.3 is 9.72 Å². The highest BCUT2D eigenvalue weighted by Gasteiger charge is 2.94. The lowest BCUT2D eigenvalue weighted by Gasteiger charge is -2.34. The van der Waals surface area contributed by atoms with Gasteiger partial charge in [-0.3, -0.25) is 9.58 Å². The molecule has 3 aromatic rings. The molecule has 2 aliphatic carbocycles. The van der Waals surface area contributed by atoms with Crippen molar-refractivity contribution in [3.63, 3.8) is 0 Å². The fourth-order valence-corrected chi connectivity index (χ4v) is 6.13. The van der Waals surface area contributed by atoms with Crippen molar-refractivity contribution in [1.29, 1.82) is 5.26 Å². The van der Waals surface area contributed by atoms with Crippen molar-refractivity contribution in [2.45, 2.75) is 37.4 Å². The van der Waals surface area contributed by atoms with Crippen molar-refractivity contribution in [3.05, 3.63) is 35.8 Å². The molecule has 3 aromatic heterocycles. The van der Waals surface area contributed by atoms with Crippen LogP contribution in [0.1, 0.15) is 31.1 Å². The van der Waals surface area contributed by atoms with E-state index in [-0.39, 0.29) is 0 Å². The van der Waals surface area contributed by atoms with Gasteiger partial charge in [0.2, 0.25) is 0 Å². The standard InChI is InChI=1S/C22H22N6O/c1-11(2)28-18(22-16-8-27(14-9-29-10-14)20(22)19(16)22)4-17(26-28)12-3-15-13(5-23)7-25-21(15)24-6-12/h3-4,6-7,11,14,16,19-20H,8-10H2,1-2H3,(H,24,25)/t16-,19-,20?,22-/m1/s1. The number of rotatable bonds is 4. The lowest BCUT2D eigenvalue weighted by Crippen LogP contribution is -2.48. The van der Waals surface area contributed by atoms with Gasteiger partial charge in [-0.2, -0.15) is 10.4 Å². The Hall–Kier alpha value is -2.69. The molecule has 3 aliphatic heterocycles. The third-order valence-electron chi connectivity index (χ3n) is 7.68. The molecule has 29 heavy (non-hydrogen) atoms. The zero-order chi connectivity index (χ0) is 19.5. The number of aromatic nitrogens is 4. The van der Waals surface area contributed by atoms with E-state index in [1.165, 1.54) is 12.2 Å². The van der Waals surface area contributed by atoms with Gasteiger partial charge in [-0.25, -0.2) is 4.98 Å². The van der Waals surface area contributed by atoms with Crippen molar-refractivity contribution >= 4 is 11.0 Å². The minimum absolute atomic E-state index is 0.313. The predicted molar refractivity (Wildman–Crippen MR) is 106 cm³/mol. The molecule has 2 bridgehead atoms. The van der Waals surface area contributed by atoms with Crippen LogP contribution in [0.4, 0.5) is 0 Å². The van der Waals surface area contributed by atoms with Crippen LogP contribution >= 0.6 is 0 Å². The monoisotopic (exact) mass is 386 g/mol. The third-order valence-corrected chi connectivity index (χ3v) is 7.68. The largest absolute Gasteiger partial charge is 0.378 e. The molecule has 6 heterocycles. The van der Waals surface area contributed by atoms with E-state index in [0.29, 0.717) is 29.1 Å². The second kappa shape index (κ2) is 5.07. The number of hydrogen-bond donors (Lipinski definition) is 1. The Morgan fingerprint density at radius 3 is 2.90 bits per heavy atom. The van der Waals surface area contributed by atoms with Crippen molar-refractivity contribution in [1.82, 2.24) is 24.6 Å². The molecule has 3 saturated heterocycles. The van der Waals surface area contributed by atoms with Crippen molar-refractivity contribution in [3.8, 4) is 17.3 Å². The maximum atomic E-state index is 9.36. The molecular formula is C22H22N6O. The SMILES string of the molecule is CC(C)n1nc(-c2cnc3[nH]cc(C#N)c3c2)cc1[C@@]12C3[C@H]1[C@H]2CN3C1COC1. The molecule has 0 amide bonds. The fourth-order valence-electron chi connectivity index (χ4n) is 6.13. The number of piperidine rings is 1. The molecule has 8 rings (SSSR count). The Labute approximate surface area is 168 Å². The molecule has 1 N–H and O–H groups in total. The van der Waals surface area contributed by atoms with Gasteiger partial charge in [0.25, 0.3) is 0 Å². The molecule has 7 heteroatoms. The lowest BCUT2D eigenvalue weighted by atomic mass is 10.0. The van der Waals surface area contributed by atoms with Crippen LogP contribution in [0.5, 0.6) is 0 Å². The Morgan fingerprint density at radius 1 is 1.34 bits per heavy atom. The number of pyridine rings is 1. The molecule has 5 aliphatic rings. The van der Waals surface area contributed by atoms with Crippen LogP contribution in [0, 0.1) is 23.2 Å². The molecule has 0 aromatic carbocycles. The number of ether oxygens (including phenoxy) is 1. The Morgan fingerprint density at radius 2 is 2.21 bits per heavy atom. The highest BCUT2D eigenvalue weighted by molar-refractivity contribution is 5.86. The second-order valence-electron chi connectivity index (χ2n) is 9.29. The first kappa shape index (κ1) is 16.1. The Balaban J connectivity index is 1.30. The minimum atomic E-state index is 0.313.